The summed E-state index contributed by atoms with van der Waals surface area (Å²) in [5, 5.41) is 11.7. The van der Waals surface area contributed by atoms with Crippen molar-refractivity contribution in [2.24, 2.45) is 5.92 Å². The summed E-state index contributed by atoms with van der Waals surface area (Å²) >= 11 is 0. The zero-order valence-corrected chi connectivity index (χ0v) is 13.6. The first-order valence-electron chi connectivity index (χ1n) is 8.16. The first-order chi connectivity index (χ1) is 11.0. The Balaban J connectivity index is 2.05. The Morgan fingerprint density at radius 1 is 1.43 bits per heavy atom. The summed E-state index contributed by atoms with van der Waals surface area (Å²) in [5.74, 6) is -0.586. The number of quaternary nitrogens is 1. The number of hydrogen-bond donors (Lipinski definition) is 2. The lowest BCUT2D eigenvalue weighted by Crippen LogP contribution is -3.12. The Morgan fingerprint density at radius 2 is 2.22 bits per heavy atom. The number of carboxylic acids is 1. The maximum atomic E-state index is 12.8. The fourth-order valence-electron chi connectivity index (χ4n) is 3.66. The number of aromatic amines is 1. The number of para-hydroxylation sites is 1. The van der Waals surface area contributed by atoms with E-state index in [1.54, 1.807) is 12.1 Å². The topological polar surface area (TPSA) is 77.4 Å². The number of piperidine rings is 1. The number of carboxylic acid groups (broad SMARTS) is 1. The molecular formula is C18H22N2O3. The number of carbonyl (C=O) groups excluding carboxylic acids is 1. The molecule has 1 fully saturated rings. The van der Waals surface area contributed by atoms with Gasteiger partial charge in [0.05, 0.1) is 30.1 Å². The van der Waals surface area contributed by atoms with Gasteiger partial charge in [-0.25, -0.2) is 0 Å². The van der Waals surface area contributed by atoms with Gasteiger partial charge >= 0.3 is 0 Å². The minimum Gasteiger partial charge on any atom is -0.545 e. The molecule has 0 bridgehead atoms. The SMILES string of the molecule is Cc1[nH]c2c(C(=O)[O-])cccc2c(=O)c1C[NH+]1CCC[C@@H](C)C1. The van der Waals surface area contributed by atoms with Crippen molar-refractivity contribution in [1.29, 1.82) is 0 Å². The monoisotopic (exact) mass is 314 g/mol. The normalized spacial score (nSPS) is 21.5. The smallest absolute Gasteiger partial charge is 0.198 e. The average Bonchev–Trinajstić information content (AvgIpc) is 2.51. The van der Waals surface area contributed by atoms with Crippen LogP contribution in [0.1, 0.15) is 41.4 Å². The molecule has 0 amide bonds. The molecule has 1 saturated heterocycles. The van der Waals surface area contributed by atoms with Crippen LogP contribution in [-0.2, 0) is 6.54 Å². The largest absolute Gasteiger partial charge is 0.545 e. The molecule has 0 aliphatic carbocycles. The number of aromatic nitrogens is 1. The molecule has 0 radical (unpaired) electrons. The van der Waals surface area contributed by atoms with Crippen LogP contribution in [0.3, 0.4) is 0 Å². The molecule has 1 unspecified atom stereocenters. The van der Waals surface area contributed by atoms with Gasteiger partial charge < -0.3 is 19.8 Å². The van der Waals surface area contributed by atoms with Gasteiger partial charge in [-0.15, -0.1) is 0 Å². The number of aryl methyl sites for hydroxylation is 1. The number of hydrogen-bond acceptors (Lipinski definition) is 3. The fraction of sp³-hybridized carbons (Fsp3) is 0.444. The van der Waals surface area contributed by atoms with Gasteiger partial charge in [0.15, 0.2) is 5.43 Å². The predicted molar refractivity (Wildman–Crippen MR) is 86.4 cm³/mol. The van der Waals surface area contributed by atoms with Crippen LogP contribution in [0.4, 0.5) is 0 Å². The van der Waals surface area contributed by atoms with Gasteiger partial charge in [0.2, 0.25) is 0 Å². The van der Waals surface area contributed by atoms with Crippen LogP contribution in [0.25, 0.3) is 10.9 Å². The number of aromatic carboxylic acids is 1. The highest BCUT2D eigenvalue weighted by molar-refractivity contribution is 6.00. The van der Waals surface area contributed by atoms with Crippen molar-refractivity contribution in [2.45, 2.75) is 33.2 Å². The molecule has 23 heavy (non-hydrogen) atoms. The van der Waals surface area contributed by atoms with Crippen molar-refractivity contribution >= 4 is 16.9 Å². The molecule has 2 N–H and O–H groups in total. The van der Waals surface area contributed by atoms with Gasteiger partial charge in [-0.1, -0.05) is 19.1 Å². The van der Waals surface area contributed by atoms with E-state index in [0.717, 1.165) is 24.3 Å². The predicted octanol–water partition coefficient (Wildman–Crippen LogP) is 0.0148. The Kier molecular flexibility index (Phi) is 4.22. The molecule has 1 aliphatic rings. The summed E-state index contributed by atoms with van der Waals surface area (Å²) in [5.41, 5.74) is 1.85. The minimum absolute atomic E-state index is 0.0354. The van der Waals surface area contributed by atoms with E-state index in [2.05, 4.69) is 11.9 Å². The molecule has 122 valence electrons. The van der Waals surface area contributed by atoms with Crippen molar-refractivity contribution in [3.63, 3.8) is 0 Å². The molecule has 2 aromatic rings. The van der Waals surface area contributed by atoms with E-state index in [9.17, 15) is 14.7 Å². The van der Waals surface area contributed by atoms with Crippen LogP contribution < -0.4 is 15.4 Å². The molecular weight excluding hydrogens is 292 g/mol. The quantitative estimate of drug-likeness (QED) is 0.838. The third-order valence-electron chi connectivity index (χ3n) is 4.86. The third-order valence-corrected chi connectivity index (χ3v) is 4.86. The molecule has 5 nitrogen and oxygen atoms in total. The minimum atomic E-state index is -1.27. The lowest BCUT2D eigenvalue weighted by atomic mass is 9.99. The lowest BCUT2D eigenvalue weighted by molar-refractivity contribution is -0.922. The first-order valence-corrected chi connectivity index (χ1v) is 8.16. The van der Waals surface area contributed by atoms with Crippen molar-refractivity contribution in [3.05, 3.63) is 45.2 Å². The van der Waals surface area contributed by atoms with Gasteiger partial charge in [0, 0.05) is 22.6 Å². The fourth-order valence-corrected chi connectivity index (χ4v) is 3.66. The molecule has 1 aliphatic heterocycles. The second kappa shape index (κ2) is 6.16. The van der Waals surface area contributed by atoms with Crippen molar-refractivity contribution in [2.75, 3.05) is 13.1 Å². The van der Waals surface area contributed by atoms with Gasteiger partial charge in [0.1, 0.15) is 6.54 Å². The molecule has 1 aromatic heterocycles. The van der Waals surface area contributed by atoms with Crippen molar-refractivity contribution in [3.8, 4) is 0 Å². The summed E-state index contributed by atoms with van der Waals surface area (Å²) in [6.45, 7) is 6.95. The van der Waals surface area contributed by atoms with E-state index in [4.69, 9.17) is 0 Å². The highest BCUT2D eigenvalue weighted by Gasteiger charge is 2.22. The van der Waals surface area contributed by atoms with Crippen molar-refractivity contribution in [1.82, 2.24) is 4.98 Å². The van der Waals surface area contributed by atoms with E-state index >= 15 is 0 Å². The highest BCUT2D eigenvalue weighted by atomic mass is 16.4. The standard InChI is InChI=1S/C18H22N2O3/c1-11-5-4-8-20(9-11)10-15-12(2)19-16-13(17(15)21)6-3-7-14(16)18(22)23/h3,6-7,11H,4-5,8-10H2,1-2H3,(H,19,21)(H,22,23)/t11-/m1/s1. The Bertz CT molecular complexity index is 810. The van der Waals surface area contributed by atoms with E-state index in [0.29, 0.717) is 23.4 Å². The van der Waals surface area contributed by atoms with Gasteiger partial charge in [-0.3, -0.25) is 4.79 Å². The maximum Gasteiger partial charge on any atom is 0.198 e. The highest BCUT2D eigenvalue weighted by Crippen LogP contribution is 2.15. The van der Waals surface area contributed by atoms with Gasteiger partial charge in [-0.05, 0) is 25.8 Å². The van der Waals surface area contributed by atoms with Crippen LogP contribution in [-0.4, -0.2) is 24.0 Å². The second-order valence-corrected chi connectivity index (χ2v) is 6.70. The lowest BCUT2D eigenvalue weighted by Gasteiger charge is -2.28. The third kappa shape index (κ3) is 3.01. The molecule has 0 spiro atoms. The molecule has 2 atom stereocenters. The summed E-state index contributed by atoms with van der Waals surface area (Å²) < 4.78 is 0. The number of benzene rings is 1. The number of carbonyl (C=O) groups is 1. The zero-order valence-electron chi connectivity index (χ0n) is 13.6. The molecule has 5 heteroatoms. The van der Waals surface area contributed by atoms with Crippen LogP contribution in [0, 0.1) is 12.8 Å². The van der Waals surface area contributed by atoms with Crippen LogP contribution in [0.2, 0.25) is 0 Å². The Hall–Kier alpha value is -2.14. The Morgan fingerprint density at radius 3 is 2.91 bits per heavy atom. The number of nitrogens with one attached hydrogen (secondary N) is 2. The van der Waals surface area contributed by atoms with Gasteiger partial charge in [-0.2, -0.15) is 0 Å². The van der Waals surface area contributed by atoms with Crippen LogP contribution >= 0.6 is 0 Å². The number of pyridine rings is 1. The summed E-state index contributed by atoms with van der Waals surface area (Å²) in [7, 11) is 0. The molecule has 2 heterocycles. The number of fused-ring (bicyclic) bond motifs is 1. The molecule has 3 rings (SSSR count). The summed E-state index contributed by atoms with van der Waals surface area (Å²) in [4.78, 5) is 28.6. The summed E-state index contributed by atoms with van der Waals surface area (Å²) in [6.07, 6.45) is 2.45. The Labute approximate surface area is 134 Å². The van der Waals surface area contributed by atoms with Crippen LogP contribution in [0.15, 0.2) is 23.0 Å². The van der Waals surface area contributed by atoms with Gasteiger partial charge in [0.25, 0.3) is 0 Å². The van der Waals surface area contributed by atoms with E-state index in [1.165, 1.54) is 23.8 Å². The maximum absolute atomic E-state index is 12.8. The second-order valence-electron chi connectivity index (χ2n) is 6.70. The number of rotatable bonds is 3. The molecule has 0 saturated carbocycles. The number of likely N-dealkylation sites (tertiary alicyclic amines) is 1. The van der Waals surface area contributed by atoms with E-state index in [-0.39, 0.29) is 11.0 Å². The number of H-pyrrole nitrogens is 1. The van der Waals surface area contributed by atoms with E-state index < -0.39 is 5.97 Å². The average molecular weight is 314 g/mol. The molecule has 1 aromatic carbocycles. The zero-order chi connectivity index (χ0) is 16.6. The van der Waals surface area contributed by atoms with Crippen LogP contribution in [0.5, 0.6) is 0 Å². The first kappa shape index (κ1) is 15.7. The summed E-state index contributed by atoms with van der Waals surface area (Å²) in [6, 6.07) is 4.74. The van der Waals surface area contributed by atoms with Crippen molar-refractivity contribution < 1.29 is 14.8 Å². The van der Waals surface area contributed by atoms with E-state index in [1.807, 2.05) is 6.92 Å².